The molecule has 0 aromatic heterocycles. The SMILES string of the molecule is CC(Oc1ccc(F)cc1Cl)C(=O)N1CCN(c2ccccc2)CC1. The molecule has 1 heterocycles. The third-order valence-electron chi connectivity index (χ3n) is 4.26. The van der Waals surface area contributed by atoms with Gasteiger partial charge in [0.1, 0.15) is 11.6 Å². The molecule has 132 valence electrons. The van der Waals surface area contributed by atoms with Gasteiger partial charge >= 0.3 is 0 Å². The Morgan fingerprint density at radius 2 is 1.80 bits per heavy atom. The van der Waals surface area contributed by atoms with Crippen LogP contribution in [0.3, 0.4) is 0 Å². The quantitative estimate of drug-likeness (QED) is 0.833. The van der Waals surface area contributed by atoms with Crippen LogP contribution in [0.2, 0.25) is 5.02 Å². The lowest BCUT2D eigenvalue weighted by atomic mass is 10.2. The van der Waals surface area contributed by atoms with Crippen molar-refractivity contribution < 1.29 is 13.9 Å². The number of ether oxygens (including phenoxy) is 1. The molecular formula is C19H20ClFN2O2. The summed E-state index contributed by atoms with van der Waals surface area (Å²) in [6.45, 7) is 4.52. The minimum Gasteiger partial charge on any atom is -0.479 e. The number of anilines is 1. The van der Waals surface area contributed by atoms with E-state index in [2.05, 4.69) is 17.0 Å². The molecule has 1 amide bonds. The number of para-hydroxylation sites is 1. The number of nitrogens with zero attached hydrogens (tertiary/aromatic N) is 2. The van der Waals surface area contributed by atoms with Crippen molar-refractivity contribution >= 4 is 23.2 Å². The Balaban J connectivity index is 1.56. The molecule has 25 heavy (non-hydrogen) atoms. The Morgan fingerprint density at radius 3 is 2.44 bits per heavy atom. The summed E-state index contributed by atoms with van der Waals surface area (Å²) in [6, 6.07) is 14.0. The van der Waals surface area contributed by atoms with Crippen LogP contribution in [0.25, 0.3) is 0 Å². The Bertz CT molecular complexity index is 733. The number of halogens is 2. The molecule has 0 saturated carbocycles. The predicted molar refractivity (Wildman–Crippen MR) is 96.7 cm³/mol. The van der Waals surface area contributed by atoms with Crippen LogP contribution < -0.4 is 9.64 Å². The number of amides is 1. The van der Waals surface area contributed by atoms with E-state index in [1.165, 1.54) is 18.2 Å². The zero-order chi connectivity index (χ0) is 17.8. The van der Waals surface area contributed by atoms with Gasteiger partial charge in [0.25, 0.3) is 5.91 Å². The molecule has 0 bridgehead atoms. The van der Waals surface area contributed by atoms with Crippen LogP contribution in [0.4, 0.5) is 10.1 Å². The van der Waals surface area contributed by atoms with E-state index in [0.717, 1.165) is 18.8 Å². The molecule has 1 saturated heterocycles. The number of carbonyl (C=O) groups is 1. The Labute approximate surface area is 151 Å². The first-order valence-electron chi connectivity index (χ1n) is 8.25. The highest BCUT2D eigenvalue weighted by atomic mass is 35.5. The minimum atomic E-state index is -0.675. The summed E-state index contributed by atoms with van der Waals surface area (Å²) in [6.07, 6.45) is -0.675. The Morgan fingerprint density at radius 1 is 1.12 bits per heavy atom. The highest BCUT2D eigenvalue weighted by molar-refractivity contribution is 6.32. The third-order valence-corrected chi connectivity index (χ3v) is 4.55. The van der Waals surface area contributed by atoms with Crippen LogP contribution in [0.1, 0.15) is 6.92 Å². The van der Waals surface area contributed by atoms with Crippen molar-refractivity contribution in [2.45, 2.75) is 13.0 Å². The fraction of sp³-hybridized carbons (Fsp3) is 0.316. The van der Waals surface area contributed by atoms with Gasteiger partial charge in [-0.25, -0.2) is 4.39 Å². The van der Waals surface area contributed by atoms with Gasteiger partial charge in [-0.05, 0) is 37.3 Å². The van der Waals surface area contributed by atoms with E-state index in [9.17, 15) is 9.18 Å². The van der Waals surface area contributed by atoms with Gasteiger partial charge in [0, 0.05) is 31.9 Å². The summed E-state index contributed by atoms with van der Waals surface area (Å²) >= 11 is 5.95. The van der Waals surface area contributed by atoms with E-state index in [1.807, 2.05) is 18.2 Å². The van der Waals surface area contributed by atoms with E-state index in [4.69, 9.17) is 16.3 Å². The van der Waals surface area contributed by atoms with E-state index in [-0.39, 0.29) is 10.9 Å². The molecule has 1 aliphatic rings. The van der Waals surface area contributed by atoms with Crippen molar-refractivity contribution in [3.05, 3.63) is 59.4 Å². The third kappa shape index (κ3) is 4.23. The summed E-state index contributed by atoms with van der Waals surface area (Å²) in [5, 5.41) is 0.161. The zero-order valence-corrected chi connectivity index (χ0v) is 14.7. The second kappa shape index (κ2) is 7.74. The van der Waals surface area contributed by atoms with Gasteiger partial charge in [0.15, 0.2) is 6.10 Å². The molecule has 6 heteroatoms. The normalized spacial score (nSPS) is 15.8. The number of hydrogen-bond donors (Lipinski definition) is 0. The molecule has 0 N–H and O–H groups in total. The fourth-order valence-corrected chi connectivity index (χ4v) is 3.10. The van der Waals surface area contributed by atoms with Crippen molar-refractivity contribution in [3.8, 4) is 5.75 Å². The minimum absolute atomic E-state index is 0.0897. The van der Waals surface area contributed by atoms with Gasteiger partial charge in [0.05, 0.1) is 5.02 Å². The maximum absolute atomic E-state index is 13.1. The lowest BCUT2D eigenvalue weighted by Gasteiger charge is -2.37. The van der Waals surface area contributed by atoms with Crippen molar-refractivity contribution in [2.75, 3.05) is 31.1 Å². The molecule has 1 unspecified atom stereocenters. The van der Waals surface area contributed by atoms with Gasteiger partial charge in [-0.15, -0.1) is 0 Å². The molecular weight excluding hydrogens is 343 g/mol. The summed E-state index contributed by atoms with van der Waals surface area (Å²) < 4.78 is 18.7. The number of rotatable bonds is 4. The molecule has 2 aromatic rings. The van der Waals surface area contributed by atoms with Crippen LogP contribution in [0.15, 0.2) is 48.5 Å². The summed E-state index contributed by atoms with van der Waals surface area (Å²) in [5.74, 6) is -0.215. The van der Waals surface area contributed by atoms with Crippen LogP contribution >= 0.6 is 11.6 Å². The number of benzene rings is 2. The van der Waals surface area contributed by atoms with Gasteiger partial charge in [-0.1, -0.05) is 29.8 Å². The molecule has 1 fully saturated rings. The fourth-order valence-electron chi connectivity index (χ4n) is 2.89. The van der Waals surface area contributed by atoms with Gasteiger partial charge in [-0.2, -0.15) is 0 Å². The van der Waals surface area contributed by atoms with Crippen LogP contribution in [0, 0.1) is 5.82 Å². The first-order chi connectivity index (χ1) is 12.0. The molecule has 1 atom stereocenters. The van der Waals surface area contributed by atoms with Crippen molar-refractivity contribution in [3.63, 3.8) is 0 Å². The summed E-state index contributed by atoms with van der Waals surface area (Å²) in [7, 11) is 0. The van der Waals surface area contributed by atoms with E-state index < -0.39 is 11.9 Å². The molecule has 0 aliphatic carbocycles. The smallest absolute Gasteiger partial charge is 0.263 e. The molecule has 4 nitrogen and oxygen atoms in total. The van der Waals surface area contributed by atoms with Crippen LogP contribution in [0.5, 0.6) is 5.75 Å². The molecule has 1 aliphatic heterocycles. The van der Waals surface area contributed by atoms with E-state index in [1.54, 1.807) is 11.8 Å². The molecule has 2 aromatic carbocycles. The number of piperazine rings is 1. The van der Waals surface area contributed by atoms with Gasteiger partial charge in [-0.3, -0.25) is 4.79 Å². The van der Waals surface area contributed by atoms with Crippen LogP contribution in [-0.2, 0) is 4.79 Å². The van der Waals surface area contributed by atoms with E-state index >= 15 is 0 Å². The first-order valence-corrected chi connectivity index (χ1v) is 8.63. The molecule has 3 rings (SSSR count). The highest BCUT2D eigenvalue weighted by Crippen LogP contribution is 2.26. The van der Waals surface area contributed by atoms with Crippen LogP contribution in [-0.4, -0.2) is 43.1 Å². The first kappa shape index (κ1) is 17.5. The van der Waals surface area contributed by atoms with Gasteiger partial charge in [0.2, 0.25) is 0 Å². The molecule has 0 radical (unpaired) electrons. The zero-order valence-electron chi connectivity index (χ0n) is 14.0. The Kier molecular flexibility index (Phi) is 5.43. The Hall–Kier alpha value is -2.27. The van der Waals surface area contributed by atoms with Crippen molar-refractivity contribution in [1.82, 2.24) is 4.90 Å². The number of carbonyl (C=O) groups excluding carboxylic acids is 1. The van der Waals surface area contributed by atoms with Crippen molar-refractivity contribution in [2.24, 2.45) is 0 Å². The summed E-state index contributed by atoms with van der Waals surface area (Å²) in [4.78, 5) is 16.6. The largest absolute Gasteiger partial charge is 0.479 e. The lowest BCUT2D eigenvalue weighted by molar-refractivity contribution is -0.138. The maximum atomic E-state index is 13.1. The monoisotopic (exact) mass is 362 g/mol. The summed E-state index contributed by atoms with van der Waals surface area (Å²) in [5.41, 5.74) is 1.16. The average Bonchev–Trinajstić information content (AvgIpc) is 2.64. The lowest BCUT2D eigenvalue weighted by Crippen LogP contribution is -2.52. The standard InChI is InChI=1S/C19H20ClFN2O2/c1-14(25-18-8-7-15(21)13-17(18)20)19(24)23-11-9-22(10-12-23)16-5-3-2-4-6-16/h2-8,13-14H,9-12H2,1H3. The van der Waals surface area contributed by atoms with Crippen molar-refractivity contribution in [1.29, 1.82) is 0 Å². The number of hydrogen-bond acceptors (Lipinski definition) is 3. The average molecular weight is 363 g/mol. The maximum Gasteiger partial charge on any atom is 0.263 e. The van der Waals surface area contributed by atoms with Gasteiger partial charge < -0.3 is 14.5 Å². The predicted octanol–water partition coefficient (Wildman–Crippen LogP) is 3.60. The van der Waals surface area contributed by atoms with E-state index in [0.29, 0.717) is 18.8 Å². The highest BCUT2D eigenvalue weighted by Gasteiger charge is 2.26. The molecule has 0 spiro atoms. The second-order valence-electron chi connectivity index (χ2n) is 5.98. The topological polar surface area (TPSA) is 32.8 Å². The second-order valence-corrected chi connectivity index (χ2v) is 6.39.